The first-order valence-corrected chi connectivity index (χ1v) is 8.49. The Kier molecular flexibility index (Phi) is 5.05. The van der Waals surface area contributed by atoms with Crippen LogP contribution in [0.15, 0.2) is 30.3 Å². The molecule has 1 amide bonds. The number of ether oxygens (including phenoxy) is 2. The highest BCUT2D eigenvalue weighted by Gasteiger charge is 2.15. The van der Waals surface area contributed by atoms with E-state index in [1.54, 1.807) is 18.2 Å². The molecule has 1 aromatic heterocycles. The molecule has 0 radical (unpaired) electrons. The number of fused-ring (bicyclic) bond motifs is 1. The molecule has 0 saturated heterocycles. The summed E-state index contributed by atoms with van der Waals surface area (Å²) in [6.45, 7) is 4.07. The molecule has 1 aliphatic rings. The lowest BCUT2D eigenvalue weighted by Crippen LogP contribution is -2.32. The van der Waals surface area contributed by atoms with E-state index in [4.69, 9.17) is 21.1 Å². The zero-order valence-electron chi connectivity index (χ0n) is 12.7. The number of carbonyl (C=O) groups is 1. The van der Waals surface area contributed by atoms with Crippen LogP contribution in [0.5, 0.6) is 11.5 Å². The number of hydrogen-bond acceptors (Lipinski definition) is 5. The van der Waals surface area contributed by atoms with E-state index < -0.39 is 0 Å². The van der Waals surface area contributed by atoms with Crippen LogP contribution in [0.1, 0.15) is 11.8 Å². The Morgan fingerprint density at radius 1 is 1.30 bits per heavy atom. The molecule has 0 saturated carbocycles. The lowest BCUT2D eigenvalue weighted by atomic mass is 10.2. The molecule has 0 unspecified atom stereocenters. The topological polar surface area (TPSA) is 50.8 Å². The molecular weight excluding hydrogens is 336 g/mol. The molecule has 0 bridgehead atoms. The summed E-state index contributed by atoms with van der Waals surface area (Å²) in [4.78, 5) is 15.4. The Bertz CT molecular complexity index is 704. The van der Waals surface area contributed by atoms with Gasteiger partial charge in [0.1, 0.15) is 0 Å². The third-order valence-corrected chi connectivity index (χ3v) is 4.69. The summed E-state index contributed by atoms with van der Waals surface area (Å²) < 4.78 is 11.3. The molecule has 1 N–H and O–H groups in total. The van der Waals surface area contributed by atoms with Crippen molar-refractivity contribution in [2.45, 2.75) is 13.5 Å². The van der Waals surface area contributed by atoms with E-state index >= 15 is 0 Å². The number of nitrogens with one attached hydrogen (secondary N) is 1. The fourth-order valence-corrected chi connectivity index (χ4v) is 3.44. The Hall–Kier alpha value is -1.76. The number of nitrogens with zero attached hydrogens (tertiary/aromatic N) is 1. The number of hydrogen-bond donors (Lipinski definition) is 1. The summed E-state index contributed by atoms with van der Waals surface area (Å²) in [7, 11) is 0. The number of carbonyl (C=O) groups excluding carboxylic acids is 1. The van der Waals surface area contributed by atoms with Crippen molar-refractivity contribution in [1.29, 1.82) is 0 Å². The van der Waals surface area contributed by atoms with Crippen molar-refractivity contribution in [3.05, 3.63) is 39.5 Å². The maximum absolute atomic E-state index is 12.2. The minimum atomic E-state index is -0.0617. The molecule has 0 spiro atoms. The van der Waals surface area contributed by atoms with E-state index in [1.807, 2.05) is 19.1 Å². The summed E-state index contributed by atoms with van der Waals surface area (Å²) in [6.07, 6.45) is 0. The number of amides is 1. The minimum Gasteiger partial charge on any atom is -0.454 e. The second kappa shape index (κ2) is 7.21. The first-order chi connectivity index (χ1) is 11.1. The minimum absolute atomic E-state index is 0.0617. The van der Waals surface area contributed by atoms with E-state index in [-0.39, 0.29) is 12.7 Å². The van der Waals surface area contributed by atoms with Gasteiger partial charge in [0.2, 0.25) is 12.7 Å². The van der Waals surface area contributed by atoms with Crippen LogP contribution in [0.25, 0.3) is 0 Å². The molecule has 0 aliphatic carbocycles. The van der Waals surface area contributed by atoms with Gasteiger partial charge in [0.15, 0.2) is 11.5 Å². The first kappa shape index (κ1) is 16.1. The van der Waals surface area contributed by atoms with E-state index in [9.17, 15) is 4.79 Å². The highest BCUT2D eigenvalue weighted by molar-refractivity contribution is 7.16. The predicted molar refractivity (Wildman–Crippen MR) is 91.5 cm³/mol. The average Bonchev–Trinajstić information content (AvgIpc) is 3.14. The summed E-state index contributed by atoms with van der Waals surface area (Å²) in [5.41, 5.74) is 0.703. The summed E-state index contributed by atoms with van der Waals surface area (Å²) >= 11 is 7.48. The van der Waals surface area contributed by atoms with Gasteiger partial charge in [0, 0.05) is 23.2 Å². The number of thiophene rings is 1. The molecule has 2 heterocycles. The molecule has 7 heteroatoms. The van der Waals surface area contributed by atoms with Crippen LogP contribution in [0.4, 0.5) is 5.69 Å². The first-order valence-electron chi connectivity index (χ1n) is 7.30. The van der Waals surface area contributed by atoms with Crippen molar-refractivity contribution in [1.82, 2.24) is 4.90 Å². The largest absolute Gasteiger partial charge is 0.454 e. The Balaban J connectivity index is 1.57. The predicted octanol–water partition coefficient (Wildman–Crippen LogP) is 3.59. The highest BCUT2D eigenvalue weighted by atomic mass is 35.5. The fraction of sp³-hybridized carbons (Fsp3) is 0.312. The third kappa shape index (κ3) is 4.16. The van der Waals surface area contributed by atoms with Crippen LogP contribution in [0, 0.1) is 0 Å². The normalized spacial score (nSPS) is 12.7. The summed E-state index contributed by atoms with van der Waals surface area (Å²) in [5.74, 6) is 1.30. The van der Waals surface area contributed by atoms with Crippen molar-refractivity contribution >= 4 is 34.5 Å². The van der Waals surface area contributed by atoms with Crippen molar-refractivity contribution in [3.63, 3.8) is 0 Å². The van der Waals surface area contributed by atoms with E-state index in [0.717, 1.165) is 15.8 Å². The van der Waals surface area contributed by atoms with Crippen LogP contribution in [0.3, 0.4) is 0 Å². The second-order valence-corrected chi connectivity index (χ2v) is 6.92. The highest BCUT2D eigenvalue weighted by Crippen LogP contribution is 2.34. The average molecular weight is 353 g/mol. The van der Waals surface area contributed by atoms with E-state index in [0.29, 0.717) is 30.3 Å². The van der Waals surface area contributed by atoms with Crippen LogP contribution in [-0.4, -0.2) is 30.7 Å². The lowest BCUT2D eigenvalue weighted by Gasteiger charge is -2.19. The van der Waals surface area contributed by atoms with Gasteiger partial charge in [0.05, 0.1) is 10.9 Å². The number of benzene rings is 1. The van der Waals surface area contributed by atoms with Crippen molar-refractivity contribution in [2.24, 2.45) is 0 Å². The van der Waals surface area contributed by atoms with Crippen molar-refractivity contribution < 1.29 is 14.3 Å². The second-order valence-electron chi connectivity index (χ2n) is 5.13. The van der Waals surface area contributed by atoms with Gasteiger partial charge in [-0.2, -0.15) is 0 Å². The lowest BCUT2D eigenvalue weighted by molar-refractivity contribution is -0.117. The smallest absolute Gasteiger partial charge is 0.238 e. The van der Waals surface area contributed by atoms with Gasteiger partial charge >= 0.3 is 0 Å². The van der Waals surface area contributed by atoms with Crippen LogP contribution in [0.2, 0.25) is 4.34 Å². The van der Waals surface area contributed by atoms with Gasteiger partial charge in [-0.1, -0.05) is 18.5 Å². The molecule has 5 nitrogen and oxygen atoms in total. The molecule has 0 fully saturated rings. The summed E-state index contributed by atoms with van der Waals surface area (Å²) in [5, 5.41) is 2.89. The molecule has 0 atom stereocenters. The summed E-state index contributed by atoms with van der Waals surface area (Å²) in [6, 6.07) is 9.24. The van der Waals surface area contributed by atoms with Crippen LogP contribution < -0.4 is 14.8 Å². The molecule has 23 heavy (non-hydrogen) atoms. The monoisotopic (exact) mass is 352 g/mol. The van der Waals surface area contributed by atoms with E-state index in [1.165, 1.54) is 11.3 Å². The standard InChI is InChI=1S/C16H17ClN2O3S/c1-2-19(8-12-4-6-15(17)23-12)9-16(20)18-11-3-5-13-14(7-11)22-10-21-13/h3-7H,2,8-10H2,1H3,(H,18,20). The molecule has 1 aromatic carbocycles. The SMILES string of the molecule is CCN(CC(=O)Nc1ccc2c(c1)OCO2)Cc1ccc(Cl)s1. The van der Waals surface area contributed by atoms with Crippen molar-refractivity contribution in [2.75, 3.05) is 25.2 Å². The van der Waals surface area contributed by atoms with Crippen LogP contribution >= 0.6 is 22.9 Å². The molecule has 1 aliphatic heterocycles. The number of anilines is 1. The Morgan fingerprint density at radius 3 is 2.87 bits per heavy atom. The van der Waals surface area contributed by atoms with Gasteiger partial charge < -0.3 is 14.8 Å². The third-order valence-electron chi connectivity index (χ3n) is 3.48. The van der Waals surface area contributed by atoms with Gasteiger partial charge in [-0.3, -0.25) is 9.69 Å². The molecule has 3 rings (SSSR count). The quantitative estimate of drug-likeness (QED) is 0.863. The van der Waals surface area contributed by atoms with E-state index in [2.05, 4.69) is 10.2 Å². The maximum Gasteiger partial charge on any atom is 0.238 e. The molecular formula is C16H17ClN2O3S. The van der Waals surface area contributed by atoms with Gasteiger partial charge in [-0.15, -0.1) is 11.3 Å². The number of likely N-dealkylation sites (N-methyl/N-ethyl adjacent to an activating group) is 1. The van der Waals surface area contributed by atoms with Crippen LogP contribution in [-0.2, 0) is 11.3 Å². The number of rotatable bonds is 6. The van der Waals surface area contributed by atoms with Crippen molar-refractivity contribution in [3.8, 4) is 11.5 Å². The van der Waals surface area contributed by atoms with Gasteiger partial charge in [-0.05, 0) is 30.8 Å². The molecule has 122 valence electrons. The Labute approximate surface area is 143 Å². The number of halogens is 1. The van der Waals surface area contributed by atoms with Gasteiger partial charge in [0.25, 0.3) is 0 Å². The molecule has 2 aromatic rings. The Morgan fingerprint density at radius 2 is 2.13 bits per heavy atom. The van der Waals surface area contributed by atoms with Gasteiger partial charge in [-0.25, -0.2) is 0 Å². The zero-order chi connectivity index (χ0) is 16.2. The zero-order valence-corrected chi connectivity index (χ0v) is 14.2. The maximum atomic E-state index is 12.2. The fourth-order valence-electron chi connectivity index (χ4n) is 2.31.